The Morgan fingerprint density at radius 3 is 1.57 bits per heavy atom. The normalized spacial score (nSPS) is 13.1. The van der Waals surface area contributed by atoms with Gasteiger partial charge in [-0.3, -0.25) is 0 Å². The zero-order valence-corrected chi connectivity index (χ0v) is 3.17. The molecule has 0 N–H and O–H groups in total. The molecule has 0 aliphatic rings. The van der Waals surface area contributed by atoms with Gasteiger partial charge in [-0.05, 0) is 0 Å². The number of alkyl halides is 3. The standard InChI is InChI=1S/C3H2F4/c4-2-1-3(5,6)7/h1-2H/b2-1-. The van der Waals surface area contributed by atoms with E-state index in [4.69, 9.17) is 0 Å². The van der Waals surface area contributed by atoms with Crippen molar-refractivity contribution in [2.75, 3.05) is 0 Å². The highest BCUT2D eigenvalue weighted by atomic mass is 19.4. The van der Waals surface area contributed by atoms with Crippen LogP contribution in [-0.2, 0) is 0 Å². The Balaban J connectivity index is 3.56. The van der Waals surface area contributed by atoms with Crippen molar-refractivity contribution >= 4 is 0 Å². The maximum Gasteiger partial charge on any atom is 0.411 e. The maximum atomic E-state index is 10.7. The van der Waals surface area contributed by atoms with E-state index in [1.165, 1.54) is 0 Å². The van der Waals surface area contributed by atoms with Crippen molar-refractivity contribution in [1.29, 1.82) is 0 Å². The first-order valence-electron chi connectivity index (χ1n) is 1.41. The first-order chi connectivity index (χ1) is 3.06. The fourth-order valence-electron chi connectivity index (χ4n) is 0.0714. The Labute approximate surface area is 37.4 Å². The summed E-state index contributed by atoms with van der Waals surface area (Å²) in [6.45, 7) is 0. The number of hydrogen-bond acceptors (Lipinski definition) is 0. The Bertz CT molecular complexity index is 69.5. The molecule has 7 heavy (non-hydrogen) atoms. The highest BCUT2D eigenvalue weighted by Gasteiger charge is 2.21. The summed E-state index contributed by atoms with van der Waals surface area (Å²) in [7, 11) is 0. The van der Waals surface area contributed by atoms with E-state index >= 15 is 0 Å². The van der Waals surface area contributed by atoms with E-state index in [1.54, 1.807) is 0 Å². The lowest BCUT2D eigenvalue weighted by atomic mass is 10.6. The highest BCUT2D eigenvalue weighted by Crippen LogP contribution is 2.15. The molecule has 0 bridgehead atoms. The second-order valence-electron chi connectivity index (χ2n) is 0.834. The van der Waals surface area contributed by atoms with Crippen LogP contribution in [0.4, 0.5) is 17.6 Å². The van der Waals surface area contributed by atoms with E-state index in [2.05, 4.69) is 0 Å². The van der Waals surface area contributed by atoms with Crippen LogP contribution in [0.5, 0.6) is 0 Å². The Hall–Kier alpha value is -0.540. The molecule has 0 atom stereocenters. The average molecular weight is 114 g/mol. The molecule has 0 rings (SSSR count). The summed E-state index contributed by atoms with van der Waals surface area (Å²) in [5.41, 5.74) is 0. The minimum absolute atomic E-state index is 0.479. The Morgan fingerprint density at radius 2 is 1.57 bits per heavy atom. The molecule has 0 nitrogen and oxygen atoms in total. The third-order valence-corrected chi connectivity index (χ3v) is 0.252. The van der Waals surface area contributed by atoms with Gasteiger partial charge in [0.25, 0.3) is 0 Å². The van der Waals surface area contributed by atoms with Gasteiger partial charge in [0.05, 0.1) is 6.33 Å². The predicted molar refractivity (Wildman–Crippen MR) is 16.3 cm³/mol. The molecule has 42 valence electrons. The van der Waals surface area contributed by atoms with Crippen molar-refractivity contribution in [2.24, 2.45) is 0 Å². The van der Waals surface area contributed by atoms with Crippen LogP contribution in [0.15, 0.2) is 12.4 Å². The van der Waals surface area contributed by atoms with Crippen LogP contribution in [0.25, 0.3) is 0 Å². The van der Waals surface area contributed by atoms with Crippen LogP contribution in [0.3, 0.4) is 0 Å². The lowest BCUT2D eigenvalue weighted by molar-refractivity contribution is -0.0805. The zero-order chi connectivity index (χ0) is 5.91. The van der Waals surface area contributed by atoms with Crippen molar-refractivity contribution in [3.05, 3.63) is 12.4 Å². The highest BCUT2D eigenvalue weighted by molar-refractivity contribution is 4.80. The predicted octanol–water partition coefficient (Wildman–Crippen LogP) is 2.03. The number of halogens is 4. The molecule has 0 saturated carbocycles. The molecule has 0 unspecified atom stereocenters. The number of rotatable bonds is 0. The molecule has 4 heteroatoms. The summed E-state index contributed by atoms with van der Waals surface area (Å²) in [6.07, 6.45) is -5.53. The molecule has 0 amide bonds. The van der Waals surface area contributed by atoms with E-state index in [9.17, 15) is 17.6 Å². The van der Waals surface area contributed by atoms with Crippen molar-refractivity contribution < 1.29 is 17.6 Å². The first-order valence-corrected chi connectivity index (χ1v) is 1.41. The van der Waals surface area contributed by atoms with Gasteiger partial charge in [-0.2, -0.15) is 13.2 Å². The molecular weight excluding hydrogens is 112 g/mol. The van der Waals surface area contributed by atoms with Crippen molar-refractivity contribution in [3.63, 3.8) is 0 Å². The molecule has 0 radical (unpaired) electrons. The van der Waals surface area contributed by atoms with Gasteiger partial charge < -0.3 is 0 Å². The maximum absolute atomic E-state index is 10.7. The second-order valence-corrected chi connectivity index (χ2v) is 0.834. The molecule has 0 fully saturated rings. The second kappa shape index (κ2) is 1.95. The molecule has 0 aliphatic carbocycles. The van der Waals surface area contributed by atoms with E-state index in [1.807, 2.05) is 0 Å². The third-order valence-electron chi connectivity index (χ3n) is 0.252. The van der Waals surface area contributed by atoms with Gasteiger partial charge in [0.1, 0.15) is 0 Å². The van der Waals surface area contributed by atoms with E-state index < -0.39 is 18.6 Å². The van der Waals surface area contributed by atoms with Gasteiger partial charge in [0, 0.05) is 6.08 Å². The number of hydrogen-bond donors (Lipinski definition) is 0. The number of allylic oxidation sites excluding steroid dienone is 1. The molecule has 0 heterocycles. The van der Waals surface area contributed by atoms with Crippen LogP contribution < -0.4 is 0 Å². The molecular formula is C3H2F4. The molecule has 0 aromatic rings. The van der Waals surface area contributed by atoms with Crippen LogP contribution in [-0.4, -0.2) is 6.18 Å². The van der Waals surface area contributed by atoms with Gasteiger partial charge in [0.2, 0.25) is 0 Å². The van der Waals surface area contributed by atoms with Gasteiger partial charge >= 0.3 is 6.18 Å². The smallest absolute Gasteiger partial charge is 0.216 e. The third kappa shape index (κ3) is 5.46. The van der Waals surface area contributed by atoms with E-state index in [0.29, 0.717) is 0 Å². The van der Waals surface area contributed by atoms with Crippen molar-refractivity contribution in [2.45, 2.75) is 6.18 Å². The van der Waals surface area contributed by atoms with E-state index in [-0.39, 0.29) is 0 Å². The van der Waals surface area contributed by atoms with Crippen LogP contribution in [0.2, 0.25) is 0 Å². The van der Waals surface area contributed by atoms with Crippen LogP contribution in [0.1, 0.15) is 0 Å². The summed E-state index contributed by atoms with van der Waals surface area (Å²) < 4.78 is 42.8. The van der Waals surface area contributed by atoms with Crippen LogP contribution in [0, 0.1) is 0 Å². The zero-order valence-electron chi connectivity index (χ0n) is 3.17. The Morgan fingerprint density at radius 1 is 1.14 bits per heavy atom. The minimum atomic E-state index is -4.51. The van der Waals surface area contributed by atoms with Gasteiger partial charge in [-0.15, -0.1) is 0 Å². The Kier molecular flexibility index (Phi) is 1.80. The van der Waals surface area contributed by atoms with E-state index in [0.717, 1.165) is 0 Å². The molecule has 0 aromatic carbocycles. The summed E-state index contributed by atoms with van der Waals surface area (Å²) in [4.78, 5) is 0. The topological polar surface area (TPSA) is 0 Å². The lowest BCUT2D eigenvalue weighted by Gasteiger charge is -1.92. The van der Waals surface area contributed by atoms with Gasteiger partial charge in [-0.25, -0.2) is 4.39 Å². The molecule has 0 aromatic heterocycles. The SMILES string of the molecule is F/C=C\C(F)(F)F. The van der Waals surface area contributed by atoms with Gasteiger partial charge in [0.15, 0.2) is 0 Å². The fraction of sp³-hybridized carbons (Fsp3) is 0.333. The van der Waals surface area contributed by atoms with Gasteiger partial charge in [-0.1, -0.05) is 0 Å². The van der Waals surface area contributed by atoms with Crippen LogP contribution >= 0.6 is 0 Å². The molecule has 0 spiro atoms. The fourth-order valence-corrected chi connectivity index (χ4v) is 0.0714. The summed E-state index contributed by atoms with van der Waals surface area (Å²) in [5.74, 6) is 0. The average Bonchev–Trinajstić information content (AvgIpc) is 1.30. The largest absolute Gasteiger partial charge is 0.411 e. The molecule has 0 aliphatic heterocycles. The lowest BCUT2D eigenvalue weighted by Crippen LogP contribution is -1.99. The van der Waals surface area contributed by atoms with Crippen molar-refractivity contribution in [3.8, 4) is 0 Å². The minimum Gasteiger partial charge on any atom is -0.216 e. The first kappa shape index (κ1) is 6.46. The summed E-state index contributed by atoms with van der Waals surface area (Å²) in [5, 5.41) is 0. The molecule has 0 saturated heterocycles. The summed E-state index contributed by atoms with van der Waals surface area (Å²) >= 11 is 0. The monoisotopic (exact) mass is 114 g/mol. The quantitative estimate of drug-likeness (QED) is 0.422. The summed E-state index contributed by atoms with van der Waals surface area (Å²) in [6, 6.07) is 0. The van der Waals surface area contributed by atoms with Crippen molar-refractivity contribution in [1.82, 2.24) is 0 Å².